The lowest BCUT2D eigenvalue weighted by atomic mass is 10.0. The average Bonchev–Trinajstić information content (AvgIpc) is 3.37. The first kappa shape index (κ1) is 16.6. The van der Waals surface area contributed by atoms with Gasteiger partial charge in [-0.3, -0.25) is 4.79 Å². The molecule has 26 heavy (non-hydrogen) atoms. The predicted molar refractivity (Wildman–Crippen MR) is 95.3 cm³/mol. The van der Waals surface area contributed by atoms with E-state index in [1.807, 2.05) is 24.3 Å². The van der Waals surface area contributed by atoms with E-state index in [0.29, 0.717) is 37.1 Å². The van der Waals surface area contributed by atoms with E-state index < -0.39 is 0 Å². The molecule has 1 saturated heterocycles. The minimum Gasteiger partial charge on any atom is -0.467 e. The molecule has 1 aliphatic heterocycles. The molecule has 1 aromatic carbocycles. The van der Waals surface area contributed by atoms with E-state index in [1.54, 1.807) is 11.2 Å². The van der Waals surface area contributed by atoms with Gasteiger partial charge < -0.3 is 13.8 Å². The van der Waals surface area contributed by atoms with Gasteiger partial charge in [-0.25, -0.2) is 0 Å². The molecule has 1 unspecified atom stereocenters. The number of furan rings is 1. The van der Waals surface area contributed by atoms with Crippen molar-refractivity contribution >= 4 is 5.91 Å². The molecule has 6 heteroatoms. The molecule has 4 rings (SSSR count). The third-order valence-corrected chi connectivity index (χ3v) is 4.77. The second-order valence-electron chi connectivity index (χ2n) is 6.99. The fourth-order valence-corrected chi connectivity index (χ4v) is 3.22. The standard InChI is InChI=1S/C20H21N3O3/c1-13(2)14-5-7-15(8-6-14)19-21-20(26-22-19)16-10-18(24)23(11-16)12-17-4-3-9-25-17/h3-9,13,16H,10-12H2,1-2H3. The molecule has 0 spiro atoms. The Balaban J connectivity index is 1.47. The molecule has 2 aromatic heterocycles. The van der Waals surface area contributed by atoms with Crippen LogP contribution in [0.1, 0.15) is 49.3 Å². The van der Waals surface area contributed by atoms with E-state index in [9.17, 15) is 4.79 Å². The molecule has 1 fully saturated rings. The van der Waals surface area contributed by atoms with Gasteiger partial charge in [0.05, 0.1) is 18.7 Å². The van der Waals surface area contributed by atoms with Crippen LogP contribution in [0.4, 0.5) is 0 Å². The van der Waals surface area contributed by atoms with E-state index in [2.05, 4.69) is 36.1 Å². The molecule has 1 amide bonds. The number of rotatable bonds is 5. The van der Waals surface area contributed by atoms with E-state index in [0.717, 1.165) is 11.3 Å². The molecule has 0 radical (unpaired) electrons. The molecule has 0 bridgehead atoms. The predicted octanol–water partition coefficient (Wildman–Crippen LogP) is 3.97. The van der Waals surface area contributed by atoms with Gasteiger partial charge in [-0.2, -0.15) is 4.98 Å². The van der Waals surface area contributed by atoms with Gasteiger partial charge in [-0.1, -0.05) is 43.3 Å². The van der Waals surface area contributed by atoms with E-state index >= 15 is 0 Å². The number of hydrogen-bond donors (Lipinski definition) is 0. The molecule has 3 aromatic rings. The topological polar surface area (TPSA) is 72.4 Å². The zero-order valence-electron chi connectivity index (χ0n) is 14.9. The maximum absolute atomic E-state index is 12.3. The van der Waals surface area contributed by atoms with Crippen LogP contribution in [0.5, 0.6) is 0 Å². The van der Waals surface area contributed by atoms with Crippen molar-refractivity contribution in [2.24, 2.45) is 0 Å². The summed E-state index contributed by atoms with van der Waals surface area (Å²) in [5.74, 6) is 2.33. The number of carbonyl (C=O) groups is 1. The van der Waals surface area contributed by atoms with Crippen molar-refractivity contribution in [2.45, 2.75) is 38.6 Å². The third-order valence-electron chi connectivity index (χ3n) is 4.77. The molecule has 3 heterocycles. The highest BCUT2D eigenvalue weighted by Crippen LogP contribution is 2.30. The molecule has 1 aliphatic rings. The van der Waals surface area contributed by atoms with Crippen LogP contribution in [0.15, 0.2) is 51.6 Å². The van der Waals surface area contributed by atoms with E-state index in [1.165, 1.54) is 5.56 Å². The molecule has 0 N–H and O–H groups in total. The lowest BCUT2D eigenvalue weighted by Gasteiger charge is -2.13. The van der Waals surface area contributed by atoms with Crippen LogP contribution in [0.3, 0.4) is 0 Å². The number of nitrogens with zero attached hydrogens (tertiary/aromatic N) is 3. The lowest BCUT2D eigenvalue weighted by Crippen LogP contribution is -2.24. The summed E-state index contributed by atoms with van der Waals surface area (Å²) in [5.41, 5.74) is 2.19. The van der Waals surface area contributed by atoms with Gasteiger partial charge in [0.2, 0.25) is 17.6 Å². The summed E-state index contributed by atoms with van der Waals surface area (Å²) in [6.07, 6.45) is 2.00. The summed E-state index contributed by atoms with van der Waals surface area (Å²) in [4.78, 5) is 18.5. The second kappa shape index (κ2) is 6.78. The monoisotopic (exact) mass is 351 g/mol. The average molecular weight is 351 g/mol. The minimum atomic E-state index is -0.0753. The zero-order chi connectivity index (χ0) is 18.1. The molecule has 6 nitrogen and oxygen atoms in total. The van der Waals surface area contributed by atoms with Crippen molar-refractivity contribution in [3.63, 3.8) is 0 Å². The Hall–Kier alpha value is -2.89. The van der Waals surface area contributed by atoms with Crippen molar-refractivity contribution < 1.29 is 13.7 Å². The van der Waals surface area contributed by atoms with Gasteiger partial charge in [-0.05, 0) is 23.6 Å². The first-order valence-electron chi connectivity index (χ1n) is 8.84. The SMILES string of the molecule is CC(C)c1ccc(-c2noc(C3CC(=O)N(Cc4ccco4)C3)n2)cc1. The van der Waals surface area contributed by atoms with E-state index in [4.69, 9.17) is 8.94 Å². The van der Waals surface area contributed by atoms with Crippen LogP contribution in [0.2, 0.25) is 0 Å². The van der Waals surface area contributed by atoms with Gasteiger partial charge in [-0.15, -0.1) is 0 Å². The summed E-state index contributed by atoms with van der Waals surface area (Å²) < 4.78 is 10.8. The second-order valence-corrected chi connectivity index (χ2v) is 6.99. The Morgan fingerprint density at radius 3 is 2.73 bits per heavy atom. The molecule has 134 valence electrons. The van der Waals surface area contributed by atoms with Crippen LogP contribution in [-0.2, 0) is 11.3 Å². The van der Waals surface area contributed by atoms with Crippen LogP contribution in [-0.4, -0.2) is 27.5 Å². The smallest absolute Gasteiger partial charge is 0.232 e. The van der Waals surface area contributed by atoms with Crippen LogP contribution < -0.4 is 0 Å². The lowest BCUT2D eigenvalue weighted by molar-refractivity contribution is -0.128. The maximum atomic E-state index is 12.3. The fraction of sp³-hybridized carbons (Fsp3) is 0.350. The summed E-state index contributed by atoms with van der Waals surface area (Å²) in [6.45, 7) is 5.35. The summed E-state index contributed by atoms with van der Waals surface area (Å²) in [7, 11) is 0. The van der Waals surface area contributed by atoms with Gasteiger partial charge in [0.15, 0.2) is 0 Å². The first-order valence-corrected chi connectivity index (χ1v) is 8.84. The minimum absolute atomic E-state index is 0.0753. The quantitative estimate of drug-likeness (QED) is 0.695. The van der Waals surface area contributed by atoms with Crippen molar-refractivity contribution in [3.05, 3.63) is 59.9 Å². The highest BCUT2D eigenvalue weighted by atomic mass is 16.5. The zero-order valence-corrected chi connectivity index (χ0v) is 14.9. The highest BCUT2D eigenvalue weighted by Gasteiger charge is 2.34. The van der Waals surface area contributed by atoms with E-state index in [-0.39, 0.29) is 11.8 Å². The molecule has 0 aliphatic carbocycles. The fourth-order valence-electron chi connectivity index (χ4n) is 3.22. The third kappa shape index (κ3) is 3.27. The Morgan fingerprint density at radius 1 is 1.23 bits per heavy atom. The Morgan fingerprint density at radius 2 is 2.04 bits per heavy atom. The van der Waals surface area contributed by atoms with Gasteiger partial charge >= 0.3 is 0 Å². The Bertz CT molecular complexity index is 881. The Labute approximate surface area is 151 Å². The normalized spacial score (nSPS) is 17.4. The molecular weight excluding hydrogens is 330 g/mol. The first-order chi connectivity index (χ1) is 12.6. The summed E-state index contributed by atoms with van der Waals surface area (Å²) in [5, 5.41) is 4.10. The van der Waals surface area contributed by atoms with Gasteiger partial charge in [0.25, 0.3) is 0 Å². The largest absolute Gasteiger partial charge is 0.467 e. The molecule has 1 atom stereocenters. The highest BCUT2D eigenvalue weighted by molar-refractivity contribution is 5.79. The number of carbonyl (C=O) groups excluding carboxylic acids is 1. The number of hydrogen-bond acceptors (Lipinski definition) is 5. The van der Waals surface area contributed by atoms with Gasteiger partial charge in [0.1, 0.15) is 5.76 Å². The number of amides is 1. The maximum Gasteiger partial charge on any atom is 0.232 e. The van der Waals surface area contributed by atoms with Crippen molar-refractivity contribution in [1.82, 2.24) is 15.0 Å². The number of likely N-dealkylation sites (tertiary alicyclic amines) is 1. The van der Waals surface area contributed by atoms with Gasteiger partial charge in [0, 0.05) is 18.5 Å². The number of aromatic nitrogens is 2. The summed E-state index contributed by atoms with van der Waals surface area (Å²) in [6, 6.07) is 11.9. The number of benzene rings is 1. The van der Waals surface area contributed by atoms with Crippen molar-refractivity contribution in [3.8, 4) is 11.4 Å². The van der Waals surface area contributed by atoms with Crippen molar-refractivity contribution in [2.75, 3.05) is 6.54 Å². The summed E-state index contributed by atoms with van der Waals surface area (Å²) >= 11 is 0. The van der Waals surface area contributed by atoms with Crippen LogP contribution in [0.25, 0.3) is 11.4 Å². The van der Waals surface area contributed by atoms with Crippen LogP contribution >= 0.6 is 0 Å². The molecule has 0 saturated carbocycles. The molecular formula is C20H21N3O3. The Kier molecular flexibility index (Phi) is 4.32. The van der Waals surface area contributed by atoms with Crippen molar-refractivity contribution in [1.29, 1.82) is 0 Å². The van der Waals surface area contributed by atoms with Crippen LogP contribution in [0, 0.1) is 0 Å².